The Bertz CT molecular complexity index is 684. The van der Waals surface area contributed by atoms with E-state index in [1.165, 1.54) is 12.1 Å². The predicted molar refractivity (Wildman–Crippen MR) is 81.6 cm³/mol. The minimum absolute atomic E-state index is 0.407. The van der Waals surface area contributed by atoms with E-state index in [1.54, 1.807) is 31.3 Å². The van der Waals surface area contributed by atoms with Gasteiger partial charge in [-0.05, 0) is 35.9 Å². The van der Waals surface area contributed by atoms with Gasteiger partial charge in [0.15, 0.2) is 0 Å². The fourth-order valence-corrected chi connectivity index (χ4v) is 2.13. The topological polar surface area (TPSA) is 58.4 Å². The maximum Gasteiger partial charge on any atom is 0.416 e. The largest absolute Gasteiger partial charge is 0.416 e. The second-order valence-corrected chi connectivity index (χ2v) is 5.07. The van der Waals surface area contributed by atoms with Crippen LogP contribution in [-0.2, 0) is 12.7 Å². The minimum atomic E-state index is -4.34. The first kappa shape index (κ1) is 16.8. The number of nitrogens with one attached hydrogen (secondary N) is 1. The molecule has 3 N–H and O–H groups in total. The summed E-state index contributed by atoms with van der Waals surface area (Å²) in [5, 5.41) is 0. The van der Waals surface area contributed by atoms with Crippen LogP contribution in [0.4, 0.5) is 18.9 Å². The molecule has 1 amide bonds. The molecule has 0 aliphatic rings. The van der Waals surface area contributed by atoms with Crippen LogP contribution in [0.3, 0.4) is 0 Å². The van der Waals surface area contributed by atoms with Gasteiger partial charge in [-0.2, -0.15) is 13.2 Å². The second kappa shape index (κ2) is 6.70. The molecule has 23 heavy (non-hydrogen) atoms. The zero-order valence-corrected chi connectivity index (χ0v) is 12.4. The fourth-order valence-electron chi connectivity index (χ4n) is 2.13. The Balaban J connectivity index is 2.13. The van der Waals surface area contributed by atoms with Crippen LogP contribution in [-0.4, -0.2) is 13.0 Å². The van der Waals surface area contributed by atoms with E-state index in [2.05, 4.69) is 5.43 Å². The molecule has 0 bridgehead atoms. The number of hydrogen-bond donors (Lipinski definition) is 2. The molecule has 0 aromatic heterocycles. The number of halogens is 3. The van der Waals surface area contributed by atoms with Gasteiger partial charge >= 0.3 is 6.18 Å². The summed E-state index contributed by atoms with van der Waals surface area (Å²) < 4.78 is 37.6. The van der Waals surface area contributed by atoms with Crippen LogP contribution in [0.2, 0.25) is 0 Å². The molecule has 0 aliphatic carbocycles. The van der Waals surface area contributed by atoms with Gasteiger partial charge in [-0.15, -0.1) is 0 Å². The molecular formula is C16H16F3N3O. The van der Waals surface area contributed by atoms with Crippen molar-refractivity contribution in [2.45, 2.75) is 12.7 Å². The SMILES string of the molecule is CN(Cc1ccc(C(F)(F)F)cc1)c1cccc(C(=O)NN)c1. The quantitative estimate of drug-likeness (QED) is 0.517. The number of nitrogens with two attached hydrogens (primary N) is 1. The number of alkyl halides is 3. The van der Waals surface area contributed by atoms with Crippen molar-refractivity contribution >= 4 is 11.6 Å². The highest BCUT2D eigenvalue weighted by molar-refractivity contribution is 5.94. The third kappa shape index (κ3) is 4.23. The van der Waals surface area contributed by atoms with Gasteiger partial charge in [-0.3, -0.25) is 10.2 Å². The van der Waals surface area contributed by atoms with Crippen molar-refractivity contribution in [2.24, 2.45) is 5.84 Å². The number of nitrogens with zero attached hydrogens (tertiary/aromatic N) is 1. The number of hydrazine groups is 1. The van der Waals surface area contributed by atoms with Crippen LogP contribution in [0.15, 0.2) is 48.5 Å². The maximum atomic E-state index is 12.5. The van der Waals surface area contributed by atoms with E-state index >= 15 is 0 Å². The summed E-state index contributed by atoms with van der Waals surface area (Å²) in [5.74, 6) is 4.69. The minimum Gasteiger partial charge on any atom is -0.370 e. The summed E-state index contributed by atoms with van der Waals surface area (Å²) in [6.07, 6.45) is -4.34. The van der Waals surface area contributed by atoms with Crippen molar-refractivity contribution < 1.29 is 18.0 Å². The molecule has 0 heterocycles. The van der Waals surface area contributed by atoms with Gasteiger partial charge in [-0.25, -0.2) is 5.84 Å². The molecule has 0 saturated heterocycles. The Kier molecular flexibility index (Phi) is 4.90. The number of nitrogen functional groups attached to an aromatic ring is 1. The third-order valence-corrected chi connectivity index (χ3v) is 3.38. The molecule has 0 atom stereocenters. The van der Waals surface area contributed by atoms with Crippen molar-refractivity contribution in [3.8, 4) is 0 Å². The normalized spacial score (nSPS) is 11.2. The van der Waals surface area contributed by atoms with Crippen molar-refractivity contribution in [2.75, 3.05) is 11.9 Å². The Morgan fingerprint density at radius 2 is 1.83 bits per heavy atom. The van der Waals surface area contributed by atoms with Gasteiger partial charge in [0.2, 0.25) is 0 Å². The summed E-state index contributed by atoms with van der Waals surface area (Å²) in [6, 6.07) is 11.8. The van der Waals surface area contributed by atoms with E-state index in [9.17, 15) is 18.0 Å². The number of anilines is 1. The summed E-state index contributed by atoms with van der Waals surface area (Å²) in [5.41, 5.74) is 3.27. The van der Waals surface area contributed by atoms with Crippen LogP contribution in [0.1, 0.15) is 21.5 Å². The van der Waals surface area contributed by atoms with E-state index in [0.717, 1.165) is 23.4 Å². The van der Waals surface area contributed by atoms with Gasteiger partial charge in [0.25, 0.3) is 5.91 Å². The van der Waals surface area contributed by atoms with Crippen LogP contribution >= 0.6 is 0 Å². The van der Waals surface area contributed by atoms with Crippen LogP contribution in [0, 0.1) is 0 Å². The van der Waals surface area contributed by atoms with E-state index in [0.29, 0.717) is 12.1 Å². The standard InChI is InChI=1S/C16H16F3N3O/c1-22(14-4-2-3-12(9-14)15(23)21-20)10-11-5-7-13(8-6-11)16(17,18)19/h2-9H,10,20H2,1H3,(H,21,23). The molecule has 0 aliphatic heterocycles. The average molecular weight is 323 g/mol. The van der Waals surface area contributed by atoms with Crippen LogP contribution < -0.4 is 16.2 Å². The molecule has 4 nitrogen and oxygen atoms in total. The van der Waals surface area contributed by atoms with E-state index in [1.807, 2.05) is 4.90 Å². The zero-order chi connectivity index (χ0) is 17.0. The molecular weight excluding hydrogens is 307 g/mol. The predicted octanol–water partition coefficient (Wildman–Crippen LogP) is 2.95. The van der Waals surface area contributed by atoms with Gasteiger partial charge in [0.1, 0.15) is 0 Å². The lowest BCUT2D eigenvalue weighted by atomic mass is 10.1. The lowest BCUT2D eigenvalue weighted by molar-refractivity contribution is -0.137. The van der Waals surface area contributed by atoms with Crippen LogP contribution in [0.25, 0.3) is 0 Å². The van der Waals surface area contributed by atoms with Crippen molar-refractivity contribution in [1.82, 2.24) is 5.43 Å². The Labute approximate surface area is 131 Å². The Morgan fingerprint density at radius 1 is 1.17 bits per heavy atom. The lowest BCUT2D eigenvalue weighted by Crippen LogP contribution is -2.30. The highest BCUT2D eigenvalue weighted by atomic mass is 19.4. The third-order valence-electron chi connectivity index (χ3n) is 3.38. The summed E-state index contributed by atoms with van der Waals surface area (Å²) >= 11 is 0. The van der Waals surface area contributed by atoms with Gasteiger partial charge in [0, 0.05) is 24.8 Å². The molecule has 7 heteroatoms. The summed E-state index contributed by atoms with van der Waals surface area (Å²) in [7, 11) is 1.79. The molecule has 2 rings (SSSR count). The van der Waals surface area contributed by atoms with Gasteiger partial charge in [-0.1, -0.05) is 18.2 Å². The highest BCUT2D eigenvalue weighted by Gasteiger charge is 2.29. The molecule has 0 radical (unpaired) electrons. The Morgan fingerprint density at radius 3 is 2.39 bits per heavy atom. The number of hydrogen-bond acceptors (Lipinski definition) is 3. The van der Waals surface area contributed by atoms with Gasteiger partial charge < -0.3 is 4.90 Å². The summed E-state index contributed by atoms with van der Waals surface area (Å²) in [6.45, 7) is 0.409. The fraction of sp³-hybridized carbons (Fsp3) is 0.188. The van der Waals surface area contributed by atoms with E-state index < -0.39 is 17.6 Å². The van der Waals surface area contributed by atoms with Crippen molar-refractivity contribution in [3.05, 3.63) is 65.2 Å². The van der Waals surface area contributed by atoms with Crippen LogP contribution in [0.5, 0.6) is 0 Å². The van der Waals surface area contributed by atoms with Gasteiger partial charge in [0.05, 0.1) is 5.56 Å². The molecule has 0 saturated carbocycles. The molecule has 0 unspecified atom stereocenters. The number of benzene rings is 2. The van der Waals surface area contributed by atoms with Crippen molar-refractivity contribution in [3.63, 3.8) is 0 Å². The lowest BCUT2D eigenvalue weighted by Gasteiger charge is -2.20. The molecule has 2 aromatic rings. The summed E-state index contributed by atoms with van der Waals surface area (Å²) in [4.78, 5) is 13.3. The molecule has 0 spiro atoms. The second-order valence-electron chi connectivity index (χ2n) is 5.07. The number of carbonyl (C=O) groups is 1. The number of amides is 1. The Hall–Kier alpha value is -2.54. The monoisotopic (exact) mass is 323 g/mol. The number of rotatable bonds is 4. The smallest absolute Gasteiger partial charge is 0.370 e. The molecule has 0 fully saturated rings. The first-order valence-electron chi connectivity index (χ1n) is 6.79. The average Bonchev–Trinajstić information content (AvgIpc) is 2.54. The highest BCUT2D eigenvalue weighted by Crippen LogP contribution is 2.29. The zero-order valence-electron chi connectivity index (χ0n) is 12.4. The van der Waals surface area contributed by atoms with E-state index in [-0.39, 0.29) is 0 Å². The molecule has 122 valence electrons. The first-order valence-corrected chi connectivity index (χ1v) is 6.79. The molecule has 2 aromatic carbocycles. The maximum absolute atomic E-state index is 12.5. The first-order chi connectivity index (χ1) is 10.8. The number of carbonyl (C=O) groups excluding carboxylic acids is 1. The van der Waals surface area contributed by atoms with E-state index in [4.69, 9.17) is 5.84 Å². The van der Waals surface area contributed by atoms with Crippen molar-refractivity contribution in [1.29, 1.82) is 0 Å².